The number of nitrogens with zero attached hydrogens (tertiary/aromatic N) is 2. The van der Waals surface area contributed by atoms with Gasteiger partial charge in [0.05, 0.1) is 4.47 Å². The second-order valence-corrected chi connectivity index (χ2v) is 4.50. The molecule has 1 heterocycles. The topological polar surface area (TPSA) is 35.0 Å². The van der Waals surface area contributed by atoms with Crippen molar-refractivity contribution >= 4 is 27.5 Å². The summed E-state index contributed by atoms with van der Waals surface area (Å²) in [6.45, 7) is 1.79. The number of benzene rings is 1. The lowest BCUT2D eigenvalue weighted by Gasteiger charge is -2.08. The fourth-order valence-electron chi connectivity index (χ4n) is 1.17. The molecule has 0 aliphatic carbocycles. The molecule has 0 unspecified atom stereocenters. The molecule has 0 radical (unpaired) electrons. The Hall–Kier alpha value is -1.20. The standard InChI is InChI=1S/C11H7BrClFN2O/c1-6-5-15-11(13)16-10(6)17-9-3-2-7(14)4-8(9)12/h2-5H,1H3. The second-order valence-electron chi connectivity index (χ2n) is 3.30. The van der Waals surface area contributed by atoms with E-state index < -0.39 is 0 Å². The predicted octanol–water partition coefficient (Wildman–Crippen LogP) is 4.13. The van der Waals surface area contributed by atoms with Gasteiger partial charge in [0.1, 0.15) is 11.6 Å². The number of aryl methyl sites for hydroxylation is 1. The molecule has 0 N–H and O–H groups in total. The van der Waals surface area contributed by atoms with Gasteiger partial charge in [0, 0.05) is 11.8 Å². The minimum Gasteiger partial charge on any atom is -0.437 e. The highest BCUT2D eigenvalue weighted by Crippen LogP contribution is 2.30. The summed E-state index contributed by atoms with van der Waals surface area (Å²) in [4.78, 5) is 7.77. The lowest BCUT2D eigenvalue weighted by atomic mass is 10.3. The van der Waals surface area contributed by atoms with Crippen LogP contribution in [0.25, 0.3) is 0 Å². The van der Waals surface area contributed by atoms with E-state index >= 15 is 0 Å². The van der Waals surface area contributed by atoms with E-state index in [1.54, 1.807) is 13.1 Å². The highest BCUT2D eigenvalue weighted by Gasteiger charge is 2.08. The molecule has 3 nitrogen and oxygen atoms in total. The zero-order valence-electron chi connectivity index (χ0n) is 8.75. The first-order valence-corrected chi connectivity index (χ1v) is 5.85. The van der Waals surface area contributed by atoms with E-state index in [9.17, 15) is 4.39 Å². The zero-order chi connectivity index (χ0) is 12.4. The fraction of sp³-hybridized carbons (Fsp3) is 0.0909. The van der Waals surface area contributed by atoms with Crippen molar-refractivity contribution in [2.45, 2.75) is 6.92 Å². The third kappa shape index (κ3) is 2.92. The van der Waals surface area contributed by atoms with Gasteiger partial charge in [-0.1, -0.05) is 0 Å². The van der Waals surface area contributed by atoms with E-state index in [1.807, 2.05) is 0 Å². The lowest BCUT2D eigenvalue weighted by Crippen LogP contribution is -1.94. The summed E-state index contributed by atoms with van der Waals surface area (Å²) < 4.78 is 18.9. The smallest absolute Gasteiger partial charge is 0.226 e. The molecule has 0 aliphatic rings. The lowest BCUT2D eigenvalue weighted by molar-refractivity contribution is 0.453. The molecule has 0 saturated carbocycles. The van der Waals surface area contributed by atoms with Crippen LogP contribution in [0.4, 0.5) is 4.39 Å². The van der Waals surface area contributed by atoms with Gasteiger partial charge in [-0.3, -0.25) is 0 Å². The Morgan fingerprint density at radius 2 is 2.18 bits per heavy atom. The fourth-order valence-corrected chi connectivity index (χ4v) is 1.73. The first-order chi connectivity index (χ1) is 8.06. The monoisotopic (exact) mass is 316 g/mol. The van der Waals surface area contributed by atoms with Crippen molar-refractivity contribution in [3.05, 3.63) is 45.5 Å². The first kappa shape index (κ1) is 12.3. The summed E-state index contributed by atoms with van der Waals surface area (Å²) in [6, 6.07) is 4.13. The van der Waals surface area contributed by atoms with E-state index in [0.717, 1.165) is 5.56 Å². The van der Waals surface area contributed by atoms with Crippen LogP contribution in [-0.4, -0.2) is 9.97 Å². The molecule has 88 valence electrons. The molecule has 0 saturated heterocycles. The van der Waals surface area contributed by atoms with Crippen molar-refractivity contribution in [2.24, 2.45) is 0 Å². The maximum atomic E-state index is 12.9. The van der Waals surface area contributed by atoms with Crippen molar-refractivity contribution in [1.29, 1.82) is 0 Å². The van der Waals surface area contributed by atoms with Gasteiger partial charge in [-0.2, -0.15) is 4.98 Å². The van der Waals surface area contributed by atoms with Crippen LogP contribution in [0.3, 0.4) is 0 Å². The van der Waals surface area contributed by atoms with Gasteiger partial charge in [0.25, 0.3) is 0 Å². The van der Waals surface area contributed by atoms with Gasteiger partial charge in [0.2, 0.25) is 11.2 Å². The van der Waals surface area contributed by atoms with Crippen molar-refractivity contribution in [3.63, 3.8) is 0 Å². The minimum absolute atomic E-state index is 0.101. The molecule has 2 aromatic rings. The van der Waals surface area contributed by atoms with E-state index in [1.165, 1.54) is 18.2 Å². The maximum Gasteiger partial charge on any atom is 0.226 e. The summed E-state index contributed by atoms with van der Waals surface area (Å²) in [5.74, 6) is 0.461. The van der Waals surface area contributed by atoms with E-state index in [4.69, 9.17) is 16.3 Å². The summed E-state index contributed by atoms with van der Waals surface area (Å²) in [5.41, 5.74) is 0.741. The Balaban J connectivity index is 2.34. The van der Waals surface area contributed by atoms with E-state index in [2.05, 4.69) is 25.9 Å². The molecular weight excluding hydrogens is 310 g/mol. The average molecular weight is 318 g/mol. The summed E-state index contributed by atoms with van der Waals surface area (Å²) in [6.07, 6.45) is 1.56. The van der Waals surface area contributed by atoms with Crippen molar-refractivity contribution < 1.29 is 9.13 Å². The van der Waals surface area contributed by atoms with Crippen molar-refractivity contribution in [1.82, 2.24) is 9.97 Å². The number of aromatic nitrogens is 2. The molecule has 0 amide bonds. The number of ether oxygens (including phenoxy) is 1. The third-order valence-electron chi connectivity index (χ3n) is 2.00. The molecule has 0 spiro atoms. The maximum absolute atomic E-state index is 12.9. The molecule has 1 aromatic carbocycles. The average Bonchev–Trinajstić information content (AvgIpc) is 2.27. The van der Waals surface area contributed by atoms with Crippen LogP contribution in [0.1, 0.15) is 5.56 Å². The molecule has 6 heteroatoms. The van der Waals surface area contributed by atoms with E-state index in [0.29, 0.717) is 16.1 Å². The van der Waals surface area contributed by atoms with Crippen LogP contribution in [-0.2, 0) is 0 Å². The van der Waals surface area contributed by atoms with Crippen LogP contribution in [0.2, 0.25) is 5.28 Å². The Labute approximate surface area is 111 Å². The Kier molecular flexibility index (Phi) is 3.59. The zero-order valence-corrected chi connectivity index (χ0v) is 11.1. The summed E-state index contributed by atoms with van der Waals surface area (Å²) >= 11 is 8.88. The SMILES string of the molecule is Cc1cnc(Cl)nc1Oc1ccc(F)cc1Br. The summed E-state index contributed by atoms with van der Waals surface area (Å²) in [7, 11) is 0. The third-order valence-corrected chi connectivity index (χ3v) is 2.80. The van der Waals surface area contributed by atoms with Gasteiger partial charge in [0.15, 0.2) is 0 Å². The van der Waals surface area contributed by atoms with Crippen LogP contribution in [0, 0.1) is 12.7 Å². The minimum atomic E-state index is -0.346. The highest BCUT2D eigenvalue weighted by molar-refractivity contribution is 9.10. The molecule has 17 heavy (non-hydrogen) atoms. The van der Waals surface area contributed by atoms with E-state index in [-0.39, 0.29) is 11.1 Å². The quantitative estimate of drug-likeness (QED) is 0.781. The molecule has 0 atom stereocenters. The first-order valence-electron chi connectivity index (χ1n) is 4.68. The predicted molar refractivity (Wildman–Crippen MR) is 66.0 cm³/mol. The normalized spacial score (nSPS) is 10.4. The van der Waals surface area contributed by atoms with Gasteiger partial charge in [-0.15, -0.1) is 0 Å². The van der Waals surface area contributed by atoms with Crippen LogP contribution in [0.5, 0.6) is 11.6 Å². The second kappa shape index (κ2) is 4.98. The highest BCUT2D eigenvalue weighted by atomic mass is 79.9. The molecule has 0 fully saturated rings. The molecular formula is C11H7BrClFN2O. The number of rotatable bonds is 2. The van der Waals surface area contributed by atoms with Gasteiger partial charge < -0.3 is 4.74 Å². The molecule has 1 aromatic heterocycles. The van der Waals surface area contributed by atoms with Crippen molar-refractivity contribution in [3.8, 4) is 11.6 Å². The van der Waals surface area contributed by atoms with Crippen LogP contribution < -0.4 is 4.74 Å². The Morgan fingerprint density at radius 1 is 1.41 bits per heavy atom. The van der Waals surface area contributed by atoms with Crippen LogP contribution >= 0.6 is 27.5 Å². The van der Waals surface area contributed by atoms with Crippen LogP contribution in [0.15, 0.2) is 28.9 Å². The molecule has 0 aliphatic heterocycles. The largest absolute Gasteiger partial charge is 0.437 e. The number of hydrogen-bond acceptors (Lipinski definition) is 3. The molecule has 0 bridgehead atoms. The Bertz CT molecular complexity index is 565. The number of halogens is 3. The molecule has 2 rings (SSSR count). The number of hydrogen-bond donors (Lipinski definition) is 0. The van der Waals surface area contributed by atoms with Gasteiger partial charge in [-0.25, -0.2) is 9.37 Å². The summed E-state index contributed by atoms with van der Waals surface area (Å²) in [5, 5.41) is 0.101. The van der Waals surface area contributed by atoms with Gasteiger partial charge >= 0.3 is 0 Å². The Morgan fingerprint density at radius 3 is 2.88 bits per heavy atom. The van der Waals surface area contributed by atoms with Crippen molar-refractivity contribution in [2.75, 3.05) is 0 Å². The van der Waals surface area contributed by atoms with Gasteiger partial charge in [-0.05, 0) is 52.7 Å².